The lowest BCUT2D eigenvalue weighted by molar-refractivity contribution is -0.153. The molecule has 0 amide bonds. The van der Waals surface area contributed by atoms with Crippen molar-refractivity contribution in [2.45, 2.75) is 37.9 Å². The number of fused-ring (bicyclic) bond motifs is 3. The average Bonchev–Trinajstić information content (AvgIpc) is 3.46. The van der Waals surface area contributed by atoms with E-state index in [9.17, 15) is 0 Å². The van der Waals surface area contributed by atoms with Crippen LogP contribution in [0.3, 0.4) is 0 Å². The Bertz CT molecular complexity index is 1100. The zero-order valence-corrected chi connectivity index (χ0v) is 20.1. The van der Waals surface area contributed by atoms with Gasteiger partial charge in [-0.05, 0) is 37.0 Å². The summed E-state index contributed by atoms with van der Waals surface area (Å²) >= 11 is 0. The second kappa shape index (κ2) is 7.08. The van der Waals surface area contributed by atoms with Gasteiger partial charge in [0.15, 0.2) is 17.1 Å². The molecule has 3 aromatic heterocycles. The van der Waals surface area contributed by atoms with Gasteiger partial charge in [0, 0.05) is 30.7 Å². The SMILES string of the molecule is CCC1CC2(CC1c1nnc3cnc4c(ccn4OCC[SH](C)(C)(C)C)n13)OCCO2. The van der Waals surface area contributed by atoms with Crippen molar-refractivity contribution in [2.24, 2.45) is 5.92 Å². The molecule has 1 aliphatic carbocycles. The van der Waals surface area contributed by atoms with E-state index in [1.807, 2.05) is 12.3 Å². The second-order valence-corrected chi connectivity index (χ2v) is 19.5. The highest BCUT2D eigenvalue weighted by Crippen LogP contribution is 2.54. The van der Waals surface area contributed by atoms with Gasteiger partial charge in [-0.1, -0.05) is 13.3 Å². The predicted molar refractivity (Wildman–Crippen MR) is 126 cm³/mol. The molecule has 0 radical (unpaired) electrons. The molecule has 9 heteroatoms. The second-order valence-electron chi connectivity index (χ2n) is 11.2. The molecule has 2 atom stereocenters. The van der Waals surface area contributed by atoms with Crippen molar-refractivity contribution in [3.63, 3.8) is 0 Å². The average molecular weight is 450 g/mol. The van der Waals surface area contributed by atoms with E-state index in [4.69, 9.17) is 14.3 Å². The van der Waals surface area contributed by atoms with E-state index in [-0.39, 0.29) is 5.92 Å². The molecule has 0 bridgehead atoms. The van der Waals surface area contributed by atoms with Crippen molar-refractivity contribution < 1.29 is 14.3 Å². The highest BCUT2D eigenvalue weighted by molar-refractivity contribution is 8.47. The normalized spacial score (nSPS) is 24.9. The molecule has 1 aliphatic heterocycles. The largest absolute Gasteiger partial charge is 0.412 e. The summed E-state index contributed by atoms with van der Waals surface area (Å²) in [6.07, 6.45) is 16.0. The van der Waals surface area contributed by atoms with Crippen molar-refractivity contribution in [3.8, 4) is 0 Å². The fourth-order valence-electron chi connectivity index (χ4n) is 4.89. The molecule has 0 aromatic carbocycles. The van der Waals surface area contributed by atoms with Crippen LogP contribution in [-0.2, 0) is 9.47 Å². The molecule has 2 aliphatic rings. The van der Waals surface area contributed by atoms with Crippen molar-refractivity contribution in [3.05, 3.63) is 24.3 Å². The van der Waals surface area contributed by atoms with E-state index in [0.717, 1.165) is 47.7 Å². The number of thiol groups is 1. The molecule has 0 N–H and O–H groups in total. The smallest absolute Gasteiger partial charge is 0.192 e. The minimum Gasteiger partial charge on any atom is -0.412 e. The molecule has 8 nitrogen and oxygen atoms in total. The van der Waals surface area contributed by atoms with Gasteiger partial charge in [0.2, 0.25) is 0 Å². The lowest BCUT2D eigenvalue weighted by atomic mass is 9.93. The van der Waals surface area contributed by atoms with Crippen molar-refractivity contribution in [2.75, 3.05) is 50.6 Å². The molecule has 1 spiro atoms. The number of nitrogens with zero attached hydrogens (tertiary/aromatic N) is 5. The molecule has 31 heavy (non-hydrogen) atoms. The third-order valence-corrected chi connectivity index (χ3v) is 8.59. The quantitative estimate of drug-likeness (QED) is 0.583. The fraction of sp³-hybridized carbons (Fsp3) is 0.682. The molecule has 1 saturated heterocycles. The van der Waals surface area contributed by atoms with Crippen LogP contribution in [0, 0.1) is 5.92 Å². The first-order valence-corrected chi connectivity index (χ1v) is 15.5. The molecular weight excluding hydrogens is 414 g/mol. The minimum absolute atomic E-state index is 0.236. The summed E-state index contributed by atoms with van der Waals surface area (Å²) < 4.78 is 16.0. The molecule has 3 aromatic rings. The Morgan fingerprint density at radius 1 is 1.16 bits per heavy atom. The highest BCUT2D eigenvalue weighted by atomic mass is 32.3. The summed E-state index contributed by atoms with van der Waals surface area (Å²) in [6.45, 7) is 4.25. The summed E-state index contributed by atoms with van der Waals surface area (Å²) in [6, 6.07) is 2.05. The third-order valence-electron chi connectivity index (χ3n) is 6.62. The summed E-state index contributed by atoms with van der Waals surface area (Å²) in [5.74, 6) is 2.26. The Balaban J connectivity index is 1.49. The Morgan fingerprint density at radius 3 is 2.65 bits per heavy atom. The van der Waals surface area contributed by atoms with Crippen LogP contribution >= 0.6 is 9.16 Å². The maximum atomic E-state index is 6.10. The van der Waals surface area contributed by atoms with E-state index in [1.54, 1.807) is 10.9 Å². The van der Waals surface area contributed by atoms with Crippen LogP contribution in [-0.4, -0.2) is 80.7 Å². The van der Waals surface area contributed by atoms with Crippen LogP contribution in [0.1, 0.15) is 37.9 Å². The zero-order chi connectivity index (χ0) is 21.9. The summed E-state index contributed by atoms with van der Waals surface area (Å²) in [5.41, 5.74) is 2.53. The number of hydrogen-bond acceptors (Lipinski definition) is 6. The van der Waals surface area contributed by atoms with E-state index < -0.39 is 14.9 Å². The van der Waals surface area contributed by atoms with Gasteiger partial charge in [-0.15, -0.1) is 10.2 Å². The van der Waals surface area contributed by atoms with Crippen LogP contribution in [0.15, 0.2) is 18.5 Å². The van der Waals surface area contributed by atoms with Gasteiger partial charge < -0.3 is 14.3 Å². The van der Waals surface area contributed by atoms with Gasteiger partial charge in [0.25, 0.3) is 0 Å². The number of hydrogen-bond donors (Lipinski definition) is 1. The Labute approximate surface area is 183 Å². The first-order chi connectivity index (χ1) is 14.6. The topological polar surface area (TPSA) is 75.7 Å². The lowest BCUT2D eigenvalue weighted by Crippen LogP contribution is -2.26. The molecular formula is C22H35N5O3S. The maximum absolute atomic E-state index is 6.10. The van der Waals surface area contributed by atoms with Gasteiger partial charge in [0.05, 0.1) is 24.9 Å². The molecule has 2 fully saturated rings. The van der Waals surface area contributed by atoms with E-state index in [2.05, 4.69) is 51.5 Å². The minimum atomic E-state index is -1.62. The third kappa shape index (κ3) is 3.91. The van der Waals surface area contributed by atoms with Gasteiger partial charge in [0.1, 0.15) is 12.4 Å². The Hall–Kier alpha value is -1.84. The molecule has 172 valence electrons. The molecule has 2 unspecified atom stereocenters. The van der Waals surface area contributed by atoms with Gasteiger partial charge >= 0.3 is 0 Å². The van der Waals surface area contributed by atoms with Crippen LogP contribution in [0.5, 0.6) is 0 Å². The molecule has 1 saturated carbocycles. The maximum Gasteiger partial charge on any atom is 0.192 e. The highest BCUT2D eigenvalue weighted by Gasteiger charge is 2.50. The van der Waals surface area contributed by atoms with Crippen molar-refractivity contribution >= 4 is 26.0 Å². The lowest BCUT2D eigenvalue weighted by Gasteiger charge is -2.46. The van der Waals surface area contributed by atoms with Gasteiger partial charge in [-0.3, -0.25) is 13.6 Å². The van der Waals surface area contributed by atoms with Crippen molar-refractivity contribution in [1.82, 2.24) is 24.3 Å². The standard InChI is InChI=1S/C22H35N5O3S/c1-6-16-13-22(28-9-10-29-22)14-17(16)20-25-24-19-15-23-21-18(27(19)20)7-8-26(21)30-11-12-31(2,3,4)5/h7-8,15-17,31H,6,9-14H2,1-5H3. The van der Waals surface area contributed by atoms with Gasteiger partial charge in [-0.2, -0.15) is 4.73 Å². The van der Waals surface area contributed by atoms with Crippen LogP contribution in [0.25, 0.3) is 16.8 Å². The fourth-order valence-corrected chi connectivity index (χ4v) is 5.70. The van der Waals surface area contributed by atoms with Gasteiger partial charge in [-0.25, -0.2) is 4.98 Å². The Morgan fingerprint density at radius 2 is 1.94 bits per heavy atom. The monoisotopic (exact) mass is 449 g/mol. The summed E-state index contributed by atoms with van der Waals surface area (Å²) in [5, 5.41) is 9.04. The first-order valence-electron chi connectivity index (χ1n) is 11.3. The number of rotatable bonds is 6. The van der Waals surface area contributed by atoms with E-state index in [0.29, 0.717) is 25.7 Å². The predicted octanol–water partition coefficient (Wildman–Crippen LogP) is 2.75. The van der Waals surface area contributed by atoms with E-state index in [1.165, 1.54) is 0 Å². The van der Waals surface area contributed by atoms with Crippen LogP contribution in [0.4, 0.5) is 0 Å². The molecule has 4 heterocycles. The van der Waals surface area contributed by atoms with Crippen molar-refractivity contribution in [1.29, 1.82) is 0 Å². The summed E-state index contributed by atoms with van der Waals surface area (Å²) in [7, 11) is -1.62. The Kier molecular flexibility index (Phi) is 4.80. The zero-order valence-electron chi connectivity index (χ0n) is 19.2. The summed E-state index contributed by atoms with van der Waals surface area (Å²) in [4.78, 5) is 10.7. The molecule has 5 rings (SSSR count). The first kappa shape index (κ1) is 21.0. The number of aromatic nitrogens is 5. The van der Waals surface area contributed by atoms with Crippen LogP contribution < -0.4 is 4.84 Å². The van der Waals surface area contributed by atoms with Crippen LogP contribution in [0.2, 0.25) is 0 Å². The number of ether oxygens (including phenoxy) is 2. The van der Waals surface area contributed by atoms with E-state index >= 15 is 0 Å².